The van der Waals surface area contributed by atoms with Crippen LogP contribution in [-0.4, -0.2) is 10.7 Å². The number of ketones is 1. The van der Waals surface area contributed by atoms with Gasteiger partial charge in [-0.05, 0) is 12.1 Å². The lowest BCUT2D eigenvalue weighted by Crippen LogP contribution is -2.10. The van der Waals surface area contributed by atoms with E-state index in [1.54, 1.807) is 13.8 Å². The molecule has 0 fully saturated rings. The SMILES string of the molecule is CCC(=O)C(C)c1ccc(F)cc1[N+](=O)[O-]. The minimum atomic E-state index is -0.674. The Bertz CT molecular complexity index is 431. The number of hydrogen-bond acceptors (Lipinski definition) is 3. The van der Waals surface area contributed by atoms with Crippen molar-refractivity contribution >= 4 is 11.5 Å². The molecule has 0 heterocycles. The summed E-state index contributed by atoms with van der Waals surface area (Å²) in [4.78, 5) is 21.5. The Labute approximate surface area is 92.2 Å². The van der Waals surface area contributed by atoms with Crippen LogP contribution < -0.4 is 0 Å². The average molecular weight is 225 g/mol. The van der Waals surface area contributed by atoms with Crippen molar-refractivity contribution in [3.8, 4) is 0 Å². The molecule has 0 N–H and O–H groups in total. The van der Waals surface area contributed by atoms with Crippen LogP contribution in [-0.2, 0) is 4.79 Å². The molecule has 0 aliphatic rings. The van der Waals surface area contributed by atoms with E-state index in [-0.39, 0.29) is 17.0 Å². The van der Waals surface area contributed by atoms with Crippen LogP contribution in [0.3, 0.4) is 0 Å². The number of hydrogen-bond donors (Lipinski definition) is 0. The number of carbonyl (C=O) groups is 1. The maximum absolute atomic E-state index is 12.9. The van der Waals surface area contributed by atoms with E-state index >= 15 is 0 Å². The van der Waals surface area contributed by atoms with Crippen LogP contribution in [0, 0.1) is 15.9 Å². The molecule has 0 spiro atoms. The number of benzene rings is 1. The van der Waals surface area contributed by atoms with Gasteiger partial charge in [0.15, 0.2) is 0 Å². The molecule has 86 valence electrons. The molecular weight excluding hydrogens is 213 g/mol. The largest absolute Gasteiger partial charge is 0.299 e. The molecule has 1 aromatic carbocycles. The van der Waals surface area contributed by atoms with E-state index in [0.717, 1.165) is 12.1 Å². The summed E-state index contributed by atoms with van der Waals surface area (Å²) in [5.74, 6) is -1.35. The predicted molar refractivity (Wildman–Crippen MR) is 56.8 cm³/mol. The Morgan fingerprint density at radius 3 is 2.69 bits per heavy atom. The summed E-state index contributed by atoms with van der Waals surface area (Å²) in [6, 6.07) is 3.27. The summed E-state index contributed by atoms with van der Waals surface area (Å²) < 4.78 is 12.9. The van der Waals surface area contributed by atoms with Crippen LogP contribution in [0.2, 0.25) is 0 Å². The van der Waals surface area contributed by atoms with Crippen molar-refractivity contribution in [2.75, 3.05) is 0 Å². The van der Waals surface area contributed by atoms with Crippen LogP contribution in [0.5, 0.6) is 0 Å². The monoisotopic (exact) mass is 225 g/mol. The summed E-state index contributed by atoms with van der Waals surface area (Å²) >= 11 is 0. The van der Waals surface area contributed by atoms with Gasteiger partial charge in [-0.25, -0.2) is 4.39 Å². The quantitative estimate of drug-likeness (QED) is 0.584. The van der Waals surface area contributed by atoms with Crippen molar-refractivity contribution in [2.45, 2.75) is 26.2 Å². The highest BCUT2D eigenvalue weighted by molar-refractivity contribution is 5.86. The standard InChI is InChI=1S/C11H12FNO3/c1-3-11(14)7(2)9-5-4-8(12)6-10(9)13(15)16/h4-7H,3H2,1-2H3. The summed E-state index contributed by atoms with van der Waals surface area (Å²) in [6.45, 7) is 3.28. The van der Waals surface area contributed by atoms with E-state index in [2.05, 4.69) is 0 Å². The van der Waals surface area contributed by atoms with Crippen LogP contribution in [0.1, 0.15) is 31.7 Å². The lowest BCUT2D eigenvalue weighted by molar-refractivity contribution is -0.385. The minimum absolute atomic E-state index is 0.102. The third-order valence-electron chi connectivity index (χ3n) is 2.49. The Kier molecular flexibility index (Phi) is 3.71. The molecule has 5 heteroatoms. The zero-order valence-corrected chi connectivity index (χ0v) is 9.07. The van der Waals surface area contributed by atoms with Crippen LogP contribution in [0.15, 0.2) is 18.2 Å². The third-order valence-corrected chi connectivity index (χ3v) is 2.49. The van der Waals surface area contributed by atoms with Gasteiger partial charge < -0.3 is 0 Å². The summed E-state index contributed by atoms with van der Waals surface area (Å²) in [5, 5.41) is 10.7. The van der Waals surface area contributed by atoms with Crippen molar-refractivity contribution in [1.82, 2.24) is 0 Å². The molecule has 1 unspecified atom stereocenters. The Morgan fingerprint density at radius 1 is 1.56 bits per heavy atom. The van der Waals surface area contributed by atoms with Crippen molar-refractivity contribution in [2.24, 2.45) is 0 Å². The molecule has 0 aliphatic heterocycles. The first-order valence-corrected chi connectivity index (χ1v) is 4.94. The topological polar surface area (TPSA) is 60.2 Å². The van der Waals surface area contributed by atoms with Gasteiger partial charge in [0.05, 0.1) is 11.0 Å². The van der Waals surface area contributed by atoms with E-state index in [4.69, 9.17) is 0 Å². The second kappa shape index (κ2) is 4.83. The fourth-order valence-electron chi connectivity index (χ4n) is 1.52. The highest BCUT2D eigenvalue weighted by Gasteiger charge is 2.23. The van der Waals surface area contributed by atoms with Crippen LogP contribution in [0.25, 0.3) is 0 Å². The molecule has 0 bridgehead atoms. The first-order valence-electron chi connectivity index (χ1n) is 4.94. The zero-order chi connectivity index (χ0) is 12.3. The highest BCUT2D eigenvalue weighted by atomic mass is 19.1. The van der Waals surface area contributed by atoms with Gasteiger partial charge >= 0.3 is 0 Å². The van der Waals surface area contributed by atoms with Gasteiger partial charge in [-0.3, -0.25) is 14.9 Å². The minimum Gasteiger partial charge on any atom is -0.299 e. The fraction of sp³-hybridized carbons (Fsp3) is 0.364. The number of carbonyl (C=O) groups excluding carboxylic acids is 1. The summed E-state index contributed by atoms with van der Waals surface area (Å²) in [5.41, 5.74) is -0.0763. The van der Waals surface area contributed by atoms with Gasteiger partial charge in [0.25, 0.3) is 5.69 Å². The van der Waals surface area contributed by atoms with Gasteiger partial charge in [0.1, 0.15) is 11.6 Å². The maximum atomic E-state index is 12.9. The normalized spacial score (nSPS) is 12.2. The van der Waals surface area contributed by atoms with E-state index in [0.29, 0.717) is 6.42 Å². The van der Waals surface area contributed by atoms with Gasteiger partial charge in [-0.15, -0.1) is 0 Å². The highest BCUT2D eigenvalue weighted by Crippen LogP contribution is 2.28. The van der Waals surface area contributed by atoms with Crippen LogP contribution >= 0.6 is 0 Å². The van der Waals surface area contributed by atoms with Gasteiger partial charge in [-0.2, -0.15) is 0 Å². The average Bonchev–Trinajstić information content (AvgIpc) is 2.26. The second-order valence-corrected chi connectivity index (χ2v) is 3.50. The van der Waals surface area contributed by atoms with Crippen molar-refractivity contribution in [3.63, 3.8) is 0 Å². The molecular formula is C11H12FNO3. The molecule has 0 amide bonds. The molecule has 0 aliphatic carbocycles. The molecule has 0 aromatic heterocycles. The van der Waals surface area contributed by atoms with Gasteiger partial charge in [-0.1, -0.05) is 13.8 Å². The first-order chi connectivity index (χ1) is 7.47. The lowest BCUT2D eigenvalue weighted by atomic mass is 9.94. The third kappa shape index (κ3) is 2.42. The first kappa shape index (κ1) is 12.3. The fourth-order valence-corrected chi connectivity index (χ4v) is 1.52. The molecule has 16 heavy (non-hydrogen) atoms. The lowest BCUT2D eigenvalue weighted by Gasteiger charge is -2.09. The van der Waals surface area contributed by atoms with Crippen molar-refractivity contribution < 1.29 is 14.1 Å². The van der Waals surface area contributed by atoms with E-state index in [1.165, 1.54) is 6.07 Å². The van der Waals surface area contributed by atoms with Gasteiger partial charge in [0, 0.05) is 17.9 Å². The molecule has 0 radical (unpaired) electrons. The number of Topliss-reactive ketones (excluding diaryl/α,β-unsaturated/α-hetero) is 1. The smallest absolute Gasteiger partial charge is 0.276 e. The maximum Gasteiger partial charge on any atom is 0.276 e. The number of halogens is 1. The second-order valence-electron chi connectivity index (χ2n) is 3.50. The molecule has 0 saturated carbocycles. The number of nitrogens with zero attached hydrogens (tertiary/aromatic N) is 1. The number of nitro benzene ring substituents is 1. The molecule has 0 saturated heterocycles. The van der Waals surface area contributed by atoms with E-state index < -0.39 is 16.7 Å². The number of nitro groups is 1. The summed E-state index contributed by atoms with van der Waals surface area (Å²) in [6.07, 6.45) is 0.301. The molecule has 1 rings (SSSR count). The van der Waals surface area contributed by atoms with Crippen LogP contribution in [0.4, 0.5) is 10.1 Å². The Morgan fingerprint density at radius 2 is 2.19 bits per heavy atom. The van der Waals surface area contributed by atoms with Crippen molar-refractivity contribution in [3.05, 3.63) is 39.7 Å². The summed E-state index contributed by atoms with van der Waals surface area (Å²) in [7, 11) is 0. The number of rotatable bonds is 4. The molecule has 1 aromatic rings. The van der Waals surface area contributed by atoms with E-state index in [1.807, 2.05) is 0 Å². The molecule has 4 nitrogen and oxygen atoms in total. The van der Waals surface area contributed by atoms with Gasteiger partial charge in [0.2, 0.25) is 0 Å². The molecule has 1 atom stereocenters. The Balaban J connectivity index is 3.22. The predicted octanol–water partition coefficient (Wildman–Crippen LogP) is 2.82. The van der Waals surface area contributed by atoms with E-state index in [9.17, 15) is 19.3 Å². The Hall–Kier alpha value is -1.78. The van der Waals surface area contributed by atoms with Crippen molar-refractivity contribution in [1.29, 1.82) is 0 Å². The zero-order valence-electron chi connectivity index (χ0n) is 9.07.